The highest BCUT2D eigenvalue weighted by Gasteiger charge is 2.27. The van der Waals surface area contributed by atoms with Crippen molar-refractivity contribution in [3.63, 3.8) is 0 Å². The third kappa shape index (κ3) is 3.93. The summed E-state index contributed by atoms with van der Waals surface area (Å²) in [5.74, 6) is 0.702. The van der Waals surface area contributed by atoms with Crippen LogP contribution in [0.25, 0.3) is 28.4 Å². The SMILES string of the molecule is Cn1cnc(-c2cccc(N(c3cncc(-c4ncn(C)n4)c3)c3nn4cccnc4c3C(N)=O)c2)n1. The number of amides is 1. The van der Waals surface area contributed by atoms with Crippen LogP contribution in [-0.2, 0) is 14.1 Å². The Kier molecular flexibility index (Phi) is 5.14. The van der Waals surface area contributed by atoms with Crippen LogP contribution >= 0.6 is 0 Å². The summed E-state index contributed by atoms with van der Waals surface area (Å²) in [7, 11) is 3.60. The van der Waals surface area contributed by atoms with E-state index in [1.54, 1.807) is 71.9 Å². The van der Waals surface area contributed by atoms with Gasteiger partial charge in [-0.25, -0.2) is 19.5 Å². The second-order valence-corrected chi connectivity index (χ2v) is 8.25. The Balaban J connectivity index is 1.59. The predicted molar refractivity (Wildman–Crippen MR) is 134 cm³/mol. The van der Waals surface area contributed by atoms with E-state index in [0.717, 1.165) is 5.56 Å². The highest BCUT2D eigenvalue weighted by Crippen LogP contribution is 2.38. The lowest BCUT2D eigenvalue weighted by Crippen LogP contribution is -2.18. The molecule has 1 amide bonds. The number of primary amides is 1. The van der Waals surface area contributed by atoms with E-state index in [0.29, 0.717) is 40.1 Å². The fraction of sp³-hybridized carbons (Fsp3) is 0.0833. The zero-order chi connectivity index (χ0) is 25.5. The Bertz CT molecular complexity index is 1680. The molecule has 6 rings (SSSR count). The number of nitrogens with zero attached hydrogens (tertiary/aromatic N) is 11. The molecular formula is C24H20N12O. The van der Waals surface area contributed by atoms with Gasteiger partial charge in [0.1, 0.15) is 18.2 Å². The van der Waals surface area contributed by atoms with Crippen molar-refractivity contribution in [3.8, 4) is 22.8 Å². The molecule has 2 N–H and O–H groups in total. The minimum Gasteiger partial charge on any atom is -0.365 e. The zero-order valence-corrected chi connectivity index (χ0v) is 19.8. The minimum atomic E-state index is -0.660. The van der Waals surface area contributed by atoms with E-state index < -0.39 is 5.91 Å². The normalized spacial score (nSPS) is 11.2. The number of carbonyl (C=O) groups excluding carboxylic acids is 1. The maximum absolute atomic E-state index is 12.7. The first-order valence-corrected chi connectivity index (χ1v) is 11.2. The first kappa shape index (κ1) is 22.0. The van der Waals surface area contributed by atoms with Crippen LogP contribution in [0.3, 0.4) is 0 Å². The standard InChI is InChI=1S/C24H20N12O/c1-33-13-28-21(30-33)15-5-3-6-17(9-15)36(18-10-16(11-26-12-18)22-29-14-34(2)31-22)24-19(20(25)37)23-27-7-4-8-35(23)32-24/h3-14H,1-2H3,(H2,25,37). The molecule has 1 aromatic carbocycles. The number of fused-ring (bicyclic) bond motifs is 1. The largest absolute Gasteiger partial charge is 0.365 e. The van der Waals surface area contributed by atoms with E-state index in [-0.39, 0.29) is 5.56 Å². The molecule has 0 atom stereocenters. The van der Waals surface area contributed by atoms with Gasteiger partial charge in [-0.1, -0.05) is 12.1 Å². The molecule has 13 nitrogen and oxygen atoms in total. The number of aromatic nitrogens is 10. The molecule has 0 spiro atoms. The van der Waals surface area contributed by atoms with Crippen molar-refractivity contribution in [2.24, 2.45) is 19.8 Å². The van der Waals surface area contributed by atoms with Crippen molar-refractivity contribution in [1.82, 2.24) is 49.1 Å². The van der Waals surface area contributed by atoms with Gasteiger partial charge in [0.15, 0.2) is 23.1 Å². The number of anilines is 3. The molecule has 0 aliphatic carbocycles. The molecule has 5 heterocycles. The molecule has 0 saturated carbocycles. The fourth-order valence-corrected chi connectivity index (χ4v) is 4.05. The van der Waals surface area contributed by atoms with Gasteiger partial charge in [-0.3, -0.25) is 24.0 Å². The quantitative estimate of drug-likeness (QED) is 0.369. The minimum absolute atomic E-state index is 0.170. The number of hydrogen-bond acceptors (Lipinski definition) is 9. The summed E-state index contributed by atoms with van der Waals surface area (Å²) >= 11 is 0. The smallest absolute Gasteiger partial charge is 0.256 e. The number of carbonyl (C=O) groups is 1. The lowest BCUT2D eigenvalue weighted by atomic mass is 10.1. The van der Waals surface area contributed by atoms with Gasteiger partial charge in [0, 0.05) is 49.5 Å². The van der Waals surface area contributed by atoms with Crippen LogP contribution in [0.4, 0.5) is 17.2 Å². The van der Waals surface area contributed by atoms with Crippen molar-refractivity contribution < 1.29 is 4.79 Å². The molecule has 0 fully saturated rings. The molecule has 0 aliphatic rings. The van der Waals surface area contributed by atoms with Crippen molar-refractivity contribution in [2.75, 3.05) is 4.90 Å². The molecule has 5 aromatic heterocycles. The van der Waals surface area contributed by atoms with Crippen molar-refractivity contribution >= 4 is 28.7 Å². The van der Waals surface area contributed by atoms with Crippen molar-refractivity contribution in [1.29, 1.82) is 0 Å². The summed E-state index contributed by atoms with van der Waals surface area (Å²) in [6.07, 6.45) is 9.87. The van der Waals surface area contributed by atoms with Gasteiger partial charge in [-0.15, -0.1) is 5.10 Å². The third-order valence-corrected chi connectivity index (χ3v) is 5.64. The molecule has 0 aliphatic heterocycles. The number of benzene rings is 1. The second kappa shape index (κ2) is 8.64. The first-order valence-electron chi connectivity index (χ1n) is 11.2. The molecule has 0 unspecified atom stereocenters. The number of rotatable bonds is 6. The maximum Gasteiger partial charge on any atom is 0.256 e. The Morgan fingerprint density at radius 3 is 2.30 bits per heavy atom. The molecule has 0 saturated heterocycles. The van der Waals surface area contributed by atoms with E-state index >= 15 is 0 Å². The van der Waals surface area contributed by atoms with Crippen LogP contribution in [0.5, 0.6) is 0 Å². The van der Waals surface area contributed by atoms with E-state index in [1.807, 2.05) is 30.3 Å². The first-order chi connectivity index (χ1) is 18.0. The summed E-state index contributed by atoms with van der Waals surface area (Å²) in [6, 6.07) is 11.2. The summed E-state index contributed by atoms with van der Waals surface area (Å²) < 4.78 is 4.76. The molecule has 13 heteroatoms. The monoisotopic (exact) mass is 492 g/mol. The van der Waals surface area contributed by atoms with Gasteiger partial charge in [0.2, 0.25) is 0 Å². The van der Waals surface area contributed by atoms with Gasteiger partial charge in [-0.05, 0) is 24.3 Å². The third-order valence-electron chi connectivity index (χ3n) is 5.64. The van der Waals surface area contributed by atoms with Gasteiger partial charge in [0.25, 0.3) is 5.91 Å². The van der Waals surface area contributed by atoms with Crippen LogP contribution < -0.4 is 10.6 Å². The summed E-state index contributed by atoms with van der Waals surface area (Å²) in [4.78, 5) is 32.0. The number of pyridine rings is 1. The number of aryl methyl sites for hydroxylation is 2. The fourth-order valence-electron chi connectivity index (χ4n) is 4.05. The summed E-state index contributed by atoms with van der Waals surface area (Å²) in [6.45, 7) is 0. The van der Waals surface area contributed by atoms with E-state index in [2.05, 4.69) is 35.2 Å². The maximum atomic E-state index is 12.7. The Morgan fingerprint density at radius 2 is 1.59 bits per heavy atom. The van der Waals surface area contributed by atoms with E-state index in [1.165, 1.54) is 4.52 Å². The number of hydrogen-bond donors (Lipinski definition) is 1. The van der Waals surface area contributed by atoms with Gasteiger partial charge < -0.3 is 5.73 Å². The van der Waals surface area contributed by atoms with Gasteiger partial charge in [0.05, 0.1) is 11.9 Å². The Hall–Kier alpha value is -5.46. The Morgan fingerprint density at radius 1 is 0.865 bits per heavy atom. The highest BCUT2D eigenvalue weighted by atomic mass is 16.1. The zero-order valence-electron chi connectivity index (χ0n) is 19.8. The molecule has 0 bridgehead atoms. The lowest BCUT2D eigenvalue weighted by molar-refractivity contribution is 0.100. The van der Waals surface area contributed by atoms with Crippen LogP contribution in [-0.4, -0.2) is 55.0 Å². The Labute approximate surface area is 209 Å². The van der Waals surface area contributed by atoms with Crippen LogP contribution in [0.2, 0.25) is 0 Å². The predicted octanol–water partition coefficient (Wildman–Crippen LogP) is 2.28. The van der Waals surface area contributed by atoms with Gasteiger partial charge >= 0.3 is 0 Å². The number of nitrogens with two attached hydrogens (primary N) is 1. The molecular weight excluding hydrogens is 472 g/mol. The van der Waals surface area contributed by atoms with Crippen molar-refractivity contribution in [2.45, 2.75) is 0 Å². The summed E-state index contributed by atoms with van der Waals surface area (Å²) in [5, 5.41) is 13.5. The average Bonchev–Trinajstić information content (AvgIpc) is 3.63. The highest BCUT2D eigenvalue weighted by molar-refractivity contribution is 6.05. The molecule has 182 valence electrons. The van der Waals surface area contributed by atoms with Crippen LogP contribution in [0.15, 0.2) is 73.8 Å². The van der Waals surface area contributed by atoms with E-state index in [4.69, 9.17) is 5.73 Å². The lowest BCUT2D eigenvalue weighted by Gasteiger charge is -2.24. The molecule has 0 radical (unpaired) electrons. The second-order valence-electron chi connectivity index (χ2n) is 8.25. The van der Waals surface area contributed by atoms with Crippen molar-refractivity contribution in [3.05, 3.63) is 79.4 Å². The van der Waals surface area contributed by atoms with Gasteiger partial charge in [-0.2, -0.15) is 10.2 Å². The topological polar surface area (TPSA) is 151 Å². The summed E-state index contributed by atoms with van der Waals surface area (Å²) in [5.41, 5.74) is 9.12. The average molecular weight is 493 g/mol. The molecule has 6 aromatic rings. The van der Waals surface area contributed by atoms with Crippen LogP contribution in [0.1, 0.15) is 10.4 Å². The molecule has 37 heavy (non-hydrogen) atoms. The van der Waals surface area contributed by atoms with Crippen LogP contribution in [0, 0.1) is 0 Å². The van der Waals surface area contributed by atoms with E-state index in [9.17, 15) is 4.79 Å².